The highest BCUT2D eigenvalue weighted by Crippen LogP contribution is 2.21. The number of benzene rings is 1. The van der Waals surface area contributed by atoms with Gasteiger partial charge in [0, 0.05) is 12.6 Å². The number of ether oxygens (including phenoxy) is 1. The molecule has 1 amide bonds. The van der Waals surface area contributed by atoms with E-state index in [9.17, 15) is 9.59 Å². The van der Waals surface area contributed by atoms with Gasteiger partial charge in [-0.25, -0.2) is 4.79 Å². The lowest BCUT2D eigenvalue weighted by molar-refractivity contribution is 0.0589. The number of carbonyl (C=O) groups excluding carboxylic acids is 2. The molecule has 1 aromatic carbocycles. The number of hydrogen-bond donors (Lipinski definition) is 1. The highest BCUT2D eigenvalue weighted by atomic mass is 35.5. The molecule has 2 heterocycles. The van der Waals surface area contributed by atoms with Crippen LogP contribution in [-0.4, -0.2) is 38.5 Å². The van der Waals surface area contributed by atoms with Gasteiger partial charge in [-0.3, -0.25) is 14.2 Å². The highest BCUT2D eigenvalue weighted by molar-refractivity contribution is 6.31. The van der Waals surface area contributed by atoms with Crippen molar-refractivity contribution in [3.8, 4) is 0 Å². The SMILES string of the molecule is COC(=O)c1c(NC(=O)c2cccc(Cn3nc(C)c(Cl)c3C)c2)cnn1C. The summed E-state index contributed by atoms with van der Waals surface area (Å²) in [6.07, 6.45) is 1.41. The van der Waals surface area contributed by atoms with Crippen LogP contribution < -0.4 is 5.32 Å². The molecular formula is C19H20ClN5O3. The Kier molecular flexibility index (Phi) is 5.51. The molecule has 0 aliphatic rings. The molecule has 0 aliphatic carbocycles. The number of esters is 1. The summed E-state index contributed by atoms with van der Waals surface area (Å²) >= 11 is 6.20. The topological polar surface area (TPSA) is 91.0 Å². The van der Waals surface area contributed by atoms with Gasteiger partial charge in [0.2, 0.25) is 0 Å². The summed E-state index contributed by atoms with van der Waals surface area (Å²) in [6.45, 7) is 4.24. The Morgan fingerprint density at radius 2 is 2.04 bits per heavy atom. The summed E-state index contributed by atoms with van der Waals surface area (Å²) in [5.74, 6) is -0.933. The molecule has 2 aromatic heterocycles. The van der Waals surface area contributed by atoms with E-state index in [1.54, 1.807) is 29.9 Å². The molecule has 3 aromatic rings. The third-order valence-corrected chi connectivity index (χ3v) is 4.93. The van der Waals surface area contributed by atoms with E-state index in [2.05, 4.69) is 15.5 Å². The van der Waals surface area contributed by atoms with Crippen LogP contribution in [0.1, 0.15) is 37.8 Å². The summed E-state index contributed by atoms with van der Waals surface area (Å²) in [6, 6.07) is 7.17. The standard InChI is InChI=1S/C19H20ClN5O3/c1-11-16(20)12(2)25(23-11)10-13-6-5-7-14(8-13)18(26)22-15-9-21-24(3)17(15)19(27)28-4/h5-9H,10H2,1-4H3,(H,22,26). The molecule has 0 fully saturated rings. The second-order valence-electron chi connectivity index (χ2n) is 6.32. The zero-order valence-corrected chi connectivity index (χ0v) is 16.7. The Labute approximate surface area is 167 Å². The van der Waals surface area contributed by atoms with Crippen molar-refractivity contribution in [3.05, 3.63) is 63.7 Å². The number of methoxy groups -OCH3 is 1. The van der Waals surface area contributed by atoms with E-state index >= 15 is 0 Å². The van der Waals surface area contributed by atoms with E-state index in [1.807, 2.05) is 19.9 Å². The third-order valence-electron chi connectivity index (χ3n) is 4.38. The molecule has 1 N–H and O–H groups in total. The first-order chi connectivity index (χ1) is 13.3. The maximum atomic E-state index is 12.7. The molecule has 146 valence electrons. The van der Waals surface area contributed by atoms with Crippen molar-refractivity contribution in [2.24, 2.45) is 7.05 Å². The van der Waals surface area contributed by atoms with E-state index in [0.717, 1.165) is 17.0 Å². The first kappa shape index (κ1) is 19.6. The van der Waals surface area contributed by atoms with Crippen molar-refractivity contribution >= 4 is 29.2 Å². The zero-order chi connectivity index (χ0) is 20.4. The predicted octanol–water partition coefficient (Wildman–Crippen LogP) is 2.97. The number of carbonyl (C=O) groups is 2. The largest absolute Gasteiger partial charge is 0.464 e. The molecule has 0 saturated carbocycles. The number of amides is 1. The number of rotatable bonds is 5. The van der Waals surface area contributed by atoms with E-state index in [0.29, 0.717) is 17.1 Å². The monoisotopic (exact) mass is 401 g/mol. The van der Waals surface area contributed by atoms with Crippen molar-refractivity contribution in [1.29, 1.82) is 0 Å². The predicted molar refractivity (Wildman–Crippen MR) is 105 cm³/mol. The van der Waals surface area contributed by atoms with E-state index in [-0.39, 0.29) is 17.3 Å². The van der Waals surface area contributed by atoms with Crippen LogP contribution in [0.5, 0.6) is 0 Å². The number of aromatic nitrogens is 4. The van der Waals surface area contributed by atoms with E-state index in [4.69, 9.17) is 16.3 Å². The van der Waals surface area contributed by atoms with Gasteiger partial charge < -0.3 is 10.1 Å². The summed E-state index contributed by atoms with van der Waals surface area (Å²) in [5, 5.41) is 11.8. The average Bonchev–Trinajstić information content (AvgIpc) is 3.16. The quantitative estimate of drug-likeness (QED) is 0.663. The van der Waals surface area contributed by atoms with Gasteiger partial charge in [0.15, 0.2) is 5.69 Å². The molecule has 0 spiro atoms. The van der Waals surface area contributed by atoms with Crippen molar-refractivity contribution in [1.82, 2.24) is 19.6 Å². The van der Waals surface area contributed by atoms with Crippen LogP contribution in [-0.2, 0) is 18.3 Å². The first-order valence-electron chi connectivity index (χ1n) is 8.52. The second-order valence-corrected chi connectivity index (χ2v) is 6.70. The third kappa shape index (κ3) is 3.77. The summed E-state index contributed by atoms with van der Waals surface area (Å²) in [7, 11) is 2.87. The van der Waals surface area contributed by atoms with Gasteiger partial charge in [-0.2, -0.15) is 10.2 Å². The fraction of sp³-hybridized carbons (Fsp3) is 0.263. The lowest BCUT2D eigenvalue weighted by Gasteiger charge is -2.09. The van der Waals surface area contributed by atoms with Crippen LogP contribution in [0.4, 0.5) is 5.69 Å². The van der Waals surface area contributed by atoms with Gasteiger partial charge in [-0.05, 0) is 31.5 Å². The molecule has 0 unspecified atom stereocenters. The minimum Gasteiger partial charge on any atom is -0.464 e. The number of aryl methyl sites for hydroxylation is 2. The lowest BCUT2D eigenvalue weighted by Crippen LogP contribution is -2.16. The number of nitrogens with zero attached hydrogens (tertiary/aromatic N) is 4. The number of anilines is 1. The van der Waals surface area contributed by atoms with Crippen LogP contribution in [0.2, 0.25) is 5.02 Å². The highest BCUT2D eigenvalue weighted by Gasteiger charge is 2.20. The van der Waals surface area contributed by atoms with E-state index in [1.165, 1.54) is 18.0 Å². The molecule has 0 radical (unpaired) electrons. The fourth-order valence-electron chi connectivity index (χ4n) is 2.88. The van der Waals surface area contributed by atoms with Crippen LogP contribution >= 0.6 is 11.6 Å². The van der Waals surface area contributed by atoms with Gasteiger partial charge in [-0.15, -0.1) is 0 Å². The fourth-order valence-corrected chi connectivity index (χ4v) is 3.01. The number of nitrogens with one attached hydrogen (secondary N) is 1. The average molecular weight is 402 g/mol. The van der Waals surface area contributed by atoms with Crippen LogP contribution in [0.3, 0.4) is 0 Å². The first-order valence-corrected chi connectivity index (χ1v) is 8.89. The van der Waals surface area contributed by atoms with Gasteiger partial charge in [0.1, 0.15) is 0 Å². The molecule has 8 nitrogen and oxygen atoms in total. The van der Waals surface area contributed by atoms with Crippen LogP contribution in [0, 0.1) is 13.8 Å². The Bertz CT molecular complexity index is 1050. The van der Waals surface area contributed by atoms with Gasteiger partial charge in [0.25, 0.3) is 5.91 Å². The Hall–Kier alpha value is -3.13. The molecular weight excluding hydrogens is 382 g/mol. The van der Waals surface area contributed by atoms with Gasteiger partial charge in [-0.1, -0.05) is 23.7 Å². The summed E-state index contributed by atoms with van der Waals surface area (Å²) in [4.78, 5) is 24.6. The number of halogens is 1. The summed E-state index contributed by atoms with van der Waals surface area (Å²) in [5.41, 5.74) is 3.44. The molecule has 0 bridgehead atoms. The molecule has 0 atom stereocenters. The maximum absolute atomic E-state index is 12.7. The smallest absolute Gasteiger partial charge is 0.358 e. The lowest BCUT2D eigenvalue weighted by atomic mass is 10.1. The van der Waals surface area contributed by atoms with Crippen LogP contribution in [0.25, 0.3) is 0 Å². The minimum atomic E-state index is -0.578. The van der Waals surface area contributed by atoms with Crippen molar-refractivity contribution < 1.29 is 14.3 Å². The Balaban J connectivity index is 1.81. The zero-order valence-electron chi connectivity index (χ0n) is 16.0. The maximum Gasteiger partial charge on any atom is 0.358 e. The Morgan fingerprint density at radius 1 is 1.29 bits per heavy atom. The van der Waals surface area contributed by atoms with Crippen LogP contribution in [0.15, 0.2) is 30.5 Å². The minimum absolute atomic E-state index is 0.171. The molecule has 0 aliphatic heterocycles. The molecule has 28 heavy (non-hydrogen) atoms. The normalized spacial score (nSPS) is 10.8. The van der Waals surface area contributed by atoms with E-state index < -0.39 is 5.97 Å². The van der Waals surface area contributed by atoms with Gasteiger partial charge >= 0.3 is 5.97 Å². The van der Waals surface area contributed by atoms with Crippen molar-refractivity contribution in [3.63, 3.8) is 0 Å². The Morgan fingerprint density at radius 3 is 2.68 bits per heavy atom. The molecule has 9 heteroatoms. The molecule has 3 rings (SSSR count). The van der Waals surface area contributed by atoms with Crippen molar-refractivity contribution in [2.75, 3.05) is 12.4 Å². The molecule has 0 saturated heterocycles. The summed E-state index contributed by atoms with van der Waals surface area (Å²) < 4.78 is 7.89. The second kappa shape index (κ2) is 7.85. The number of hydrogen-bond acceptors (Lipinski definition) is 5. The van der Waals surface area contributed by atoms with Crippen molar-refractivity contribution in [2.45, 2.75) is 20.4 Å². The van der Waals surface area contributed by atoms with Gasteiger partial charge in [0.05, 0.1) is 41.9 Å².